The second-order valence-corrected chi connectivity index (χ2v) is 6.34. The summed E-state index contributed by atoms with van der Waals surface area (Å²) in [7, 11) is 3.43. The van der Waals surface area contributed by atoms with Crippen LogP contribution in [0.25, 0.3) is 21.9 Å². The summed E-state index contributed by atoms with van der Waals surface area (Å²) in [5.41, 5.74) is 2.67. The minimum atomic E-state index is -0.787. The van der Waals surface area contributed by atoms with Gasteiger partial charge in [0.1, 0.15) is 5.52 Å². The second kappa shape index (κ2) is 11.2. The number of amides is 1. The number of para-hydroxylation sites is 1. The van der Waals surface area contributed by atoms with E-state index in [1.54, 1.807) is 25.3 Å². The Morgan fingerprint density at radius 3 is 2.57 bits per heavy atom. The van der Waals surface area contributed by atoms with Gasteiger partial charge in [0, 0.05) is 11.9 Å². The van der Waals surface area contributed by atoms with Crippen molar-refractivity contribution in [2.45, 2.75) is 19.8 Å². The third kappa shape index (κ3) is 6.17. The molecule has 0 bridgehead atoms. The number of nitrogens with zero attached hydrogens (tertiary/aromatic N) is 3. The zero-order valence-corrected chi connectivity index (χ0v) is 17.0. The molecule has 8 nitrogen and oxygen atoms in total. The number of carboxylic acids is 1. The fourth-order valence-electron chi connectivity index (χ4n) is 2.52. The van der Waals surface area contributed by atoms with E-state index in [2.05, 4.69) is 27.2 Å². The average molecular weight is 408 g/mol. The summed E-state index contributed by atoms with van der Waals surface area (Å²) >= 11 is 0. The SMILES string of the molecule is CCCCNC(=O)c1nc2ccccc2c2nc[nH]c12.CN(C)CC(=O)O.Cl. The summed E-state index contributed by atoms with van der Waals surface area (Å²) in [4.78, 5) is 35.4. The number of carbonyl (C=O) groups excluding carboxylic acids is 1. The van der Waals surface area contributed by atoms with Crippen molar-refractivity contribution in [3.8, 4) is 0 Å². The number of hydrogen-bond donors (Lipinski definition) is 3. The summed E-state index contributed by atoms with van der Waals surface area (Å²) < 4.78 is 0. The van der Waals surface area contributed by atoms with Crippen LogP contribution in [0, 0.1) is 0 Å². The van der Waals surface area contributed by atoms with E-state index in [0.29, 0.717) is 17.8 Å². The highest BCUT2D eigenvalue weighted by molar-refractivity contribution is 6.11. The molecule has 3 N–H and O–H groups in total. The van der Waals surface area contributed by atoms with E-state index in [4.69, 9.17) is 5.11 Å². The highest BCUT2D eigenvalue weighted by Gasteiger charge is 2.16. The molecule has 0 fully saturated rings. The average Bonchev–Trinajstić information content (AvgIpc) is 3.10. The van der Waals surface area contributed by atoms with Gasteiger partial charge < -0.3 is 15.4 Å². The van der Waals surface area contributed by atoms with Crippen LogP contribution in [0.3, 0.4) is 0 Å². The van der Waals surface area contributed by atoms with E-state index in [-0.39, 0.29) is 24.9 Å². The molecule has 0 aliphatic heterocycles. The number of carboxylic acid groups (broad SMARTS) is 1. The van der Waals surface area contributed by atoms with Crippen LogP contribution in [-0.4, -0.2) is 64.0 Å². The molecule has 3 aromatic rings. The number of hydrogen-bond acceptors (Lipinski definition) is 5. The second-order valence-electron chi connectivity index (χ2n) is 6.34. The van der Waals surface area contributed by atoms with E-state index in [0.717, 1.165) is 29.3 Å². The highest BCUT2D eigenvalue weighted by Crippen LogP contribution is 2.23. The number of carbonyl (C=O) groups is 2. The standard InChI is InChI=1S/C15H16N4O.C4H9NO2.ClH/c1-2-3-8-16-15(20)14-13-12(17-9-18-13)10-6-4-5-7-11(10)19-14;1-5(2)3-4(6)7;/h4-7,9H,2-3,8H2,1H3,(H,16,20)(H,17,18);3H2,1-2H3,(H,6,7);1H. The monoisotopic (exact) mass is 407 g/mol. The van der Waals surface area contributed by atoms with Crippen molar-refractivity contribution < 1.29 is 14.7 Å². The van der Waals surface area contributed by atoms with Crippen molar-refractivity contribution in [3.05, 3.63) is 36.3 Å². The maximum absolute atomic E-state index is 12.3. The molecule has 0 radical (unpaired) electrons. The van der Waals surface area contributed by atoms with Crippen molar-refractivity contribution in [3.63, 3.8) is 0 Å². The molecule has 1 amide bonds. The largest absolute Gasteiger partial charge is 0.480 e. The topological polar surface area (TPSA) is 111 Å². The van der Waals surface area contributed by atoms with Crippen molar-refractivity contribution in [2.24, 2.45) is 0 Å². The number of imidazole rings is 1. The van der Waals surface area contributed by atoms with Gasteiger partial charge in [0.15, 0.2) is 5.69 Å². The van der Waals surface area contributed by atoms with Crippen LogP contribution >= 0.6 is 12.4 Å². The Hall–Kier alpha value is -2.71. The van der Waals surface area contributed by atoms with E-state index < -0.39 is 5.97 Å². The van der Waals surface area contributed by atoms with E-state index in [9.17, 15) is 9.59 Å². The Morgan fingerprint density at radius 2 is 1.96 bits per heavy atom. The minimum absolute atomic E-state index is 0. The van der Waals surface area contributed by atoms with Gasteiger partial charge in [-0.05, 0) is 26.6 Å². The number of benzene rings is 1. The molecule has 0 atom stereocenters. The third-order valence-electron chi connectivity index (χ3n) is 3.75. The zero-order valence-electron chi connectivity index (χ0n) is 16.2. The molecule has 0 aliphatic rings. The van der Waals surface area contributed by atoms with Crippen LogP contribution in [0.4, 0.5) is 0 Å². The summed E-state index contributed by atoms with van der Waals surface area (Å²) in [6, 6.07) is 7.71. The molecule has 2 heterocycles. The van der Waals surface area contributed by atoms with Gasteiger partial charge in [0.05, 0.1) is 23.9 Å². The van der Waals surface area contributed by atoms with Crippen molar-refractivity contribution in [1.29, 1.82) is 0 Å². The number of aromatic nitrogens is 3. The fraction of sp³-hybridized carbons (Fsp3) is 0.368. The number of aromatic amines is 1. The first-order valence-corrected chi connectivity index (χ1v) is 8.80. The van der Waals surface area contributed by atoms with E-state index in [1.165, 1.54) is 0 Å². The normalized spacial score (nSPS) is 10.3. The number of H-pyrrole nitrogens is 1. The van der Waals surface area contributed by atoms with E-state index >= 15 is 0 Å². The quantitative estimate of drug-likeness (QED) is 0.542. The number of likely N-dealkylation sites (N-methyl/N-ethyl adjacent to an activating group) is 1. The predicted molar refractivity (Wildman–Crippen MR) is 112 cm³/mol. The Balaban J connectivity index is 0.000000425. The lowest BCUT2D eigenvalue weighted by atomic mass is 10.1. The van der Waals surface area contributed by atoms with Crippen LogP contribution < -0.4 is 5.32 Å². The lowest BCUT2D eigenvalue weighted by Crippen LogP contribution is -2.25. The van der Waals surface area contributed by atoms with Gasteiger partial charge in [-0.15, -0.1) is 12.4 Å². The Morgan fingerprint density at radius 1 is 1.25 bits per heavy atom. The van der Waals surface area contributed by atoms with Crippen LogP contribution in [0.2, 0.25) is 0 Å². The van der Waals surface area contributed by atoms with Crippen molar-refractivity contribution in [2.75, 3.05) is 27.2 Å². The lowest BCUT2D eigenvalue weighted by molar-refractivity contribution is -0.137. The first kappa shape index (κ1) is 23.3. The number of rotatable bonds is 6. The van der Waals surface area contributed by atoms with Crippen LogP contribution in [0.1, 0.15) is 30.3 Å². The van der Waals surface area contributed by atoms with Crippen LogP contribution in [0.15, 0.2) is 30.6 Å². The summed E-state index contributed by atoms with van der Waals surface area (Å²) in [5, 5.41) is 11.9. The molecule has 0 spiro atoms. The summed E-state index contributed by atoms with van der Waals surface area (Å²) in [5.74, 6) is -0.941. The first-order chi connectivity index (χ1) is 12.9. The molecule has 9 heteroatoms. The molecular formula is C19H26ClN5O3. The van der Waals surface area contributed by atoms with Gasteiger partial charge in [-0.25, -0.2) is 9.97 Å². The molecule has 152 valence electrons. The Kier molecular flexibility index (Phi) is 9.34. The molecule has 1 aromatic carbocycles. The molecule has 2 aromatic heterocycles. The maximum atomic E-state index is 12.3. The summed E-state index contributed by atoms with van der Waals surface area (Å²) in [6.07, 6.45) is 3.61. The highest BCUT2D eigenvalue weighted by atomic mass is 35.5. The number of nitrogens with one attached hydrogen (secondary N) is 2. The smallest absolute Gasteiger partial charge is 0.317 e. The Bertz CT molecular complexity index is 926. The van der Waals surface area contributed by atoms with Gasteiger partial charge >= 0.3 is 5.97 Å². The van der Waals surface area contributed by atoms with Crippen LogP contribution in [0.5, 0.6) is 0 Å². The molecule has 0 aliphatic carbocycles. The zero-order chi connectivity index (χ0) is 19.8. The van der Waals surface area contributed by atoms with Gasteiger partial charge in [-0.1, -0.05) is 31.5 Å². The maximum Gasteiger partial charge on any atom is 0.317 e. The summed E-state index contributed by atoms with van der Waals surface area (Å²) in [6.45, 7) is 2.87. The van der Waals surface area contributed by atoms with E-state index in [1.807, 2.05) is 24.3 Å². The molecule has 0 saturated carbocycles. The molecule has 3 rings (SSSR count). The number of fused-ring (bicyclic) bond motifs is 3. The number of aliphatic carboxylic acids is 1. The third-order valence-corrected chi connectivity index (χ3v) is 3.75. The Labute approximate surface area is 169 Å². The molecular weight excluding hydrogens is 382 g/mol. The van der Waals surface area contributed by atoms with Crippen molar-refractivity contribution >= 4 is 46.2 Å². The number of pyridine rings is 1. The van der Waals surface area contributed by atoms with Gasteiger partial charge in [0.25, 0.3) is 5.91 Å². The van der Waals surface area contributed by atoms with Gasteiger partial charge in [0.2, 0.25) is 0 Å². The molecule has 0 saturated heterocycles. The molecule has 0 unspecified atom stereocenters. The van der Waals surface area contributed by atoms with Gasteiger partial charge in [-0.2, -0.15) is 0 Å². The van der Waals surface area contributed by atoms with Gasteiger partial charge in [-0.3, -0.25) is 14.5 Å². The first-order valence-electron chi connectivity index (χ1n) is 8.80. The number of halogens is 1. The predicted octanol–water partition coefficient (Wildman–Crippen LogP) is 2.70. The van der Waals surface area contributed by atoms with Crippen LogP contribution in [-0.2, 0) is 4.79 Å². The lowest BCUT2D eigenvalue weighted by Gasteiger charge is -2.06. The fourth-order valence-corrected chi connectivity index (χ4v) is 2.52. The number of unbranched alkanes of at least 4 members (excludes halogenated alkanes) is 1. The van der Waals surface area contributed by atoms with Crippen molar-refractivity contribution in [1.82, 2.24) is 25.2 Å². The minimum Gasteiger partial charge on any atom is -0.480 e. The molecule has 28 heavy (non-hydrogen) atoms.